The fourth-order valence-corrected chi connectivity index (χ4v) is 4.53. The van der Waals surface area contributed by atoms with Crippen molar-refractivity contribution in [3.63, 3.8) is 0 Å². The molecule has 1 aliphatic heterocycles. The third-order valence-corrected chi connectivity index (χ3v) is 6.34. The molecule has 1 fully saturated rings. The summed E-state index contributed by atoms with van der Waals surface area (Å²) in [5, 5.41) is 7.47. The van der Waals surface area contributed by atoms with Crippen LogP contribution in [0.4, 0.5) is 5.82 Å². The molecule has 26 heavy (non-hydrogen) atoms. The van der Waals surface area contributed by atoms with Crippen LogP contribution in [0.15, 0.2) is 47.8 Å². The van der Waals surface area contributed by atoms with Crippen LogP contribution in [0.25, 0.3) is 11.0 Å². The number of piperidine rings is 1. The average molecular weight is 371 g/mol. The van der Waals surface area contributed by atoms with Crippen molar-refractivity contribution < 1.29 is 8.42 Å². The average Bonchev–Trinajstić information content (AvgIpc) is 3.09. The van der Waals surface area contributed by atoms with Gasteiger partial charge in [-0.25, -0.2) is 22.4 Å². The molecule has 7 nitrogen and oxygen atoms in total. The van der Waals surface area contributed by atoms with Crippen LogP contribution in [0.5, 0.6) is 0 Å². The predicted octanol–water partition coefficient (Wildman–Crippen LogP) is 2.14. The van der Waals surface area contributed by atoms with Crippen LogP contribution in [0.2, 0.25) is 0 Å². The normalized spacial score (nSPS) is 18.1. The SMILES string of the molecule is Cc1ccc(S(=O)(=O)n2ccc3c(N[C@@H]4CCCNC4)ncnc32)cc1. The molecule has 1 atom stereocenters. The van der Waals surface area contributed by atoms with Crippen molar-refractivity contribution in [1.29, 1.82) is 0 Å². The first-order chi connectivity index (χ1) is 12.6. The first-order valence-electron chi connectivity index (χ1n) is 8.67. The van der Waals surface area contributed by atoms with Gasteiger partial charge >= 0.3 is 0 Å². The number of hydrogen-bond donors (Lipinski definition) is 2. The Morgan fingerprint density at radius 3 is 2.73 bits per heavy atom. The van der Waals surface area contributed by atoms with Gasteiger partial charge in [0.25, 0.3) is 10.0 Å². The molecule has 136 valence electrons. The Bertz CT molecular complexity index is 1020. The second-order valence-electron chi connectivity index (χ2n) is 6.58. The quantitative estimate of drug-likeness (QED) is 0.730. The van der Waals surface area contributed by atoms with Crippen LogP contribution in [-0.4, -0.2) is 41.5 Å². The van der Waals surface area contributed by atoms with E-state index in [-0.39, 0.29) is 10.9 Å². The van der Waals surface area contributed by atoms with Crippen LogP contribution in [0.1, 0.15) is 18.4 Å². The standard InChI is InChI=1S/C18H21N5O2S/c1-13-4-6-15(7-5-13)26(24,25)23-10-8-16-17(20-12-21-18(16)23)22-14-3-2-9-19-11-14/h4-8,10,12,14,19H,2-3,9,11H2,1H3,(H,20,21,22)/t14-/m1/s1. The number of rotatable bonds is 4. The van der Waals surface area contributed by atoms with Crippen LogP contribution in [0.3, 0.4) is 0 Å². The lowest BCUT2D eigenvalue weighted by Gasteiger charge is -2.24. The van der Waals surface area contributed by atoms with E-state index in [1.54, 1.807) is 36.5 Å². The molecule has 0 amide bonds. The lowest BCUT2D eigenvalue weighted by atomic mass is 10.1. The minimum atomic E-state index is -3.70. The molecule has 0 aliphatic carbocycles. The fourth-order valence-electron chi connectivity index (χ4n) is 3.23. The molecule has 4 rings (SSSR count). The van der Waals surface area contributed by atoms with E-state index in [0.717, 1.165) is 31.5 Å². The minimum Gasteiger partial charge on any atom is -0.365 e. The van der Waals surface area contributed by atoms with Crippen molar-refractivity contribution in [2.45, 2.75) is 30.7 Å². The summed E-state index contributed by atoms with van der Waals surface area (Å²) in [6.45, 7) is 3.82. The fraction of sp³-hybridized carbons (Fsp3) is 0.333. The van der Waals surface area contributed by atoms with Gasteiger partial charge in [0.2, 0.25) is 0 Å². The van der Waals surface area contributed by atoms with Crippen molar-refractivity contribution in [2.24, 2.45) is 0 Å². The van der Waals surface area contributed by atoms with E-state index in [1.165, 1.54) is 10.3 Å². The van der Waals surface area contributed by atoms with Gasteiger partial charge in [-0.05, 0) is 44.5 Å². The number of anilines is 1. The second kappa shape index (κ2) is 6.69. The maximum Gasteiger partial charge on any atom is 0.269 e. The van der Waals surface area contributed by atoms with E-state index in [1.807, 2.05) is 6.92 Å². The predicted molar refractivity (Wildman–Crippen MR) is 101 cm³/mol. The second-order valence-corrected chi connectivity index (χ2v) is 8.39. The Kier molecular flexibility index (Phi) is 4.37. The molecule has 3 aromatic rings. The molecule has 1 aliphatic rings. The van der Waals surface area contributed by atoms with Crippen molar-refractivity contribution in [1.82, 2.24) is 19.3 Å². The van der Waals surface area contributed by atoms with E-state index < -0.39 is 10.0 Å². The summed E-state index contributed by atoms with van der Waals surface area (Å²) in [7, 11) is -3.70. The van der Waals surface area contributed by atoms with Gasteiger partial charge in [0.05, 0.1) is 10.3 Å². The van der Waals surface area contributed by atoms with E-state index in [0.29, 0.717) is 16.9 Å². The van der Waals surface area contributed by atoms with Gasteiger partial charge < -0.3 is 10.6 Å². The maximum absolute atomic E-state index is 13.0. The van der Waals surface area contributed by atoms with E-state index in [2.05, 4.69) is 20.6 Å². The molecule has 0 bridgehead atoms. The number of hydrogen-bond acceptors (Lipinski definition) is 6. The zero-order valence-electron chi connectivity index (χ0n) is 14.5. The third-order valence-electron chi connectivity index (χ3n) is 4.66. The maximum atomic E-state index is 13.0. The number of nitrogens with zero attached hydrogens (tertiary/aromatic N) is 3. The molecule has 0 unspecified atom stereocenters. The molecule has 2 aromatic heterocycles. The number of aromatic nitrogens is 3. The summed E-state index contributed by atoms with van der Waals surface area (Å²) in [4.78, 5) is 8.78. The van der Waals surface area contributed by atoms with Gasteiger partial charge in [-0.1, -0.05) is 17.7 Å². The van der Waals surface area contributed by atoms with Gasteiger partial charge in [-0.2, -0.15) is 0 Å². The van der Waals surface area contributed by atoms with Gasteiger partial charge in [-0.3, -0.25) is 0 Å². The van der Waals surface area contributed by atoms with Crippen LogP contribution >= 0.6 is 0 Å². The molecule has 8 heteroatoms. The lowest BCUT2D eigenvalue weighted by Crippen LogP contribution is -2.38. The molecular formula is C18H21N5O2S. The summed E-state index contributed by atoms with van der Waals surface area (Å²) >= 11 is 0. The number of aryl methyl sites for hydroxylation is 1. The number of nitrogens with one attached hydrogen (secondary N) is 2. The first-order valence-corrected chi connectivity index (χ1v) is 10.1. The molecular weight excluding hydrogens is 350 g/mol. The molecule has 1 aromatic carbocycles. The van der Waals surface area contributed by atoms with Gasteiger partial charge in [-0.15, -0.1) is 0 Å². The largest absolute Gasteiger partial charge is 0.365 e. The Labute approximate surface area is 152 Å². The van der Waals surface area contributed by atoms with Crippen LogP contribution in [-0.2, 0) is 10.0 Å². The lowest BCUT2D eigenvalue weighted by molar-refractivity contribution is 0.479. The Hall–Kier alpha value is -2.45. The third kappa shape index (κ3) is 3.06. The topological polar surface area (TPSA) is 88.9 Å². The van der Waals surface area contributed by atoms with Crippen molar-refractivity contribution in [3.8, 4) is 0 Å². The molecule has 0 saturated carbocycles. The van der Waals surface area contributed by atoms with E-state index >= 15 is 0 Å². The van der Waals surface area contributed by atoms with Crippen molar-refractivity contribution >= 4 is 26.9 Å². The van der Waals surface area contributed by atoms with E-state index in [4.69, 9.17) is 0 Å². The zero-order chi connectivity index (χ0) is 18.1. The molecule has 0 spiro atoms. The summed E-state index contributed by atoms with van der Waals surface area (Å²) in [6.07, 6.45) is 5.11. The minimum absolute atomic E-state index is 0.241. The van der Waals surface area contributed by atoms with Gasteiger partial charge in [0, 0.05) is 18.8 Å². The van der Waals surface area contributed by atoms with Gasteiger partial charge in [0.1, 0.15) is 12.1 Å². The van der Waals surface area contributed by atoms with Gasteiger partial charge in [0.15, 0.2) is 5.65 Å². The molecule has 0 radical (unpaired) electrons. The number of fused-ring (bicyclic) bond motifs is 1. The highest BCUT2D eigenvalue weighted by Gasteiger charge is 2.22. The number of benzene rings is 1. The highest BCUT2D eigenvalue weighted by Crippen LogP contribution is 2.25. The molecule has 3 heterocycles. The van der Waals surface area contributed by atoms with Crippen LogP contribution in [0, 0.1) is 6.92 Å². The summed E-state index contributed by atoms with van der Waals surface area (Å²) in [5.74, 6) is 0.668. The first kappa shape index (κ1) is 17.0. The van der Waals surface area contributed by atoms with E-state index in [9.17, 15) is 8.42 Å². The summed E-state index contributed by atoms with van der Waals surface area (Å²) < 4.78 is 27.2. The molecule has 2 N–H and O–H groups in total. The highest BCUT2D eigenvalue weighted by molar-refractivity contribution is 7.90. The Morgan fingerprint density at radius 2 is 2.00 bits per heavy atom. The Balaban J connectivity index is 1.73. The smallest absolute Gasteiger partial charge is 0.269 e. The van der Waals surface area contributed by atoms with Crippen molar-refractivity contribution in [3.05, 3.63) is 48.4 Å². The Morgan fingerprint density at radius 1 is 1.19 bits per heavy atom. The van der Waals surface area contributed by atoms with Crippen molar-refractivity contribution in [2.75, 3.05) is 18.4 Å². The summed E-state index contributed by atoms with van der Waals surface area (Å²) in [6, 6.07) is 8.83. The summed E-state index contributed by atoms with van der Waals surface area (Å²) in [5.41, 5.74) is 1.39. The monoisotopic (exact) mass is 371 g/mol. The highest BCUT2D eigenvalue weighted by atomic mass is 32.2. The molecule has 1 saturated heterocycles. The van der Waals surface area contributed by atoms with Crippen LogP contribution < -0.4 is 10.6 Å². The zero-order valence-corrected chi connectivity index (χ0v) is 15.3.